The molecule has 0 bridgehead atoms. The van der Waals surface area contributed by atoms with Crippen LogP contribution in [0, 0.1) is 18.6 Å². The predicted octanol–water partition coefficient (Wildman–Crippen LogP) is 6.85. The van der Waals surface area contributed by atoms with Gasteiger partial charge >= 0.3 is 0 Å². The molecular formula is C27H23F2N2O+. The summed E-state index contributed by atoms with van der Waals surface area (Å²) in [6.45, 7) is 6.20. The number of furan rings is 1. The number of halogens is 2. The highest BCUT2D eigenvalue weighted by molar-refractivity contribution is 6.09. The van der Waals surface area contributed by atoms with Gasteiger partial charge in [0.15, 0.2) is 11.8 Å². The zero-order valence-electron chi connectivity index (χ0n) is 18.4. The van der Waals surface area contributed by atoms with Crippen LogP contribution in [0.1, 0.15) is 31.0 Å². The second-order valence-electron chi connectivity index (χ2n) is 8.49. The van der Waals surface area contributed by atoms with Gasteiger partial charge in [0.05, 0.1) is 11.1 Å². The van der Waals surface area contributed by atoms with Crippen molar-refractivity contribution in [3.63, 3.8) is 0 Å². The van der Waals surface area contributed by atoms with Gasteiger partial charge in [-0.3, -0.25) is 0 Å². The van der Waals surface area contributed by atoms with Crippen molar-refractivity contribution in [3.05, 3.63) is 83.7 Å². The highest BCUT2D eigenvalue weighted by atomic mass is 19.1. The Bertz CT molecular complexity index is 1500. The Labute approximate surface area is 185 Å². The third-order valence-electron chi connectivity index (χ3n) is 5.97. The van der Waals surface area contributed by atoms with Gasteiger partial charge in [0, 0.05) is 34.2 Å². The number of nitrogens with zero attached hydrogens (tertiary/aromatic N) is 2. The summed E-state index contributed by atoms with van der Waals surface area (Å²) in [6, 6.07) is 15.5. The quantitative estimate of drug-likeness (QED) is 0.294. The third-order valence-corrected chi connectivity index (χ3v) is 5.97. The molecule has 0 aliphatic rings. The minimum Gasteiger partial charge on any atom is -0.437 e. The molecule has 0 aliphatic heterocycles. The average molecular weight is 429 g/mol. The molecule has 0 aliphatic carbocycles. The van der Waals surface area contributed by atoms with Crippen LogP contribution >= 0.6 is 0 Å². The number of aromatic nitrogens is 2. The predicted molar refractivity (Wildman–Crippen MR) is 122 cm³/mol. The zero-order chi connectivity index (χ0) is 22.6. The summed E-state index contributed by atoms with van der Waals surface area (Å²) in [5.74, 6) is -0.917. The normalized spacial score (nSPS) is 11.7. The van der Waals surface area contributed by atoms with Gasteiger partial charge < -0.3 is 4.42 Å². The Kier molecular flexibility index (Phi) is 4.77. The Morgan fingerprint density at radius 1 is 0.938 bits per heavy atom. The number of hydrogen-bond acceptors (Lipinski definition) is 2. The number of aryl methyl sites for hydroxylation is 2. The van der Waals surface area contributed by atoms with Crippen molar-refractivity contribution in [1.29, 1.82) is 0 Å². The number of fused-ring (bicyclic) bond motifs is 3. The molecule has 32 heavy (non-hydrogen) atoms. The summed E-state index contributed by atoms with van der Waals surface area (Å²) >= 11 is 0. The van der Waals surface area contributed by atoms with Crippen molar-refractivity contribution < 1.29 is 17.8 Å². The zero-order valence-corrected chi connectivity index (χ0v) is 18.4. The van der Waals surface area contributed by atoms with E-state index in [1.54, 1.807) is 0 Å². The molecule has 0 saturated heterocycles. The lowest BCUT2D eigenvalue weighted by Crippen LogP contribution is -2.31. The first-order valence-electron chi connectivity index (χ1n) is 10.6. The van der Waals surface area contributed by atoms with Crippen LogP contribution in [0.25, 0.3) is 44.5 Å². The molecule has 3 heterocycles. The molecule has 3 aromatic heterocycles. The molecule has 5 aromatic rings. The van der Waals surface area contributed by atoms with Crippen molar-refractivity contribution in [2.24, 2.45) is 7.05 Å². The van der Waals surface area contributed by atoms with E-state index in [1.807, 2.05) is 61.1 Å². The molecule has 0 fully saturated rings. The monoisotopic (exact) mass is 429 g/mol. The smallest absolute Gasteiger partial charge is 0.227 e. The van der Waals surface area contributed by atoms with E-state index in [0.29, 0.717) is 22.4 Å². The average Bonchev–Trinajstić information content (AvgIpc) is 3.12. The molecule has 0 unspecified atom stereocenters. The molecule has 2 aromatic carbocycles. The van der Waals surface area contributed by atoms with Crippen LogP contribution in [-0.4, -0.2) is 4.98 Å². The van der Waals surface area contributed by atoms with E-state index in [9.17, 15) is 8.78 Å². The van der Waals surface area contributed by atoms with Crippen molar-refractivity contribution in [2.75, 3.05) is 0 Å². The topological polar surface area (TPSA) is 29.9 Å². The van der Waals surface area contributed by atoms with Crippen LogP contribution in [0.5, 0.6) is 0 Å². The molecule has 3 nitrogen and oxygen atoms in total. The summed E-state index contributed by atoms with van der Waals surface area (Å²) in [5, 5.41) is 1.90. The van der Waals surface area contributed by atoms with E-state index in [2.05, 4.69) is 13.8 Å². The minimum absolute atomic E-state index is 0.286. The Hall–Kier alpha value is -3.60. The van der Waals surface area contributed by atoms with Gasteiger partial charge in [0.25, 0.3) is 0 Å². The SMILES string of the molecule is Cc1ccc2c(oc3nc(C(C)C)ccc32)c1-c1c(-c2ccc(F)cc2F)ccc[n+]1C. The second kappa shape index (κ2) is 7.52. The fraction of sp³-hybridized carbons (Fsp3) is 0.185. The van der Waals surface area contributed by atoms with Crippen molar-refractivity contribution in [3.8, 4) is 22.4 Å². The summed E-state index contributed by atoms with van der Waals surface area (Å²) in [7, 11) is 1.91. The van der Waals surface area contributed by atoms with Crippen molar-refractivity contribution in [2.45, 2.75) is 26.7 Å². The molecule has 5 rings (SSSR count). The summed E-state index contributed by atoms with van der Waals surface area (Å²) in [4.78, 5) is 4.73. The van der Waals surface area contributed by atoms with Gasteiger partial charge in [-0.2, -0.15) is 0 Å². The van der Waals surface area contributed by atoms with E-state index < -0.39 is 11.6 Å². The van der Waals surface area contributed by atoms with Crippen LogP contribution in [0.3, 0.4) is 0 Å². The highest BCUT2D eigenvalue weighted by Crippen LogP contribution is 2.40. The number of pyridine rings is 2. The lowest BCUT2D eigenvalue weighted by Gasteiger charge is -2.11. The Balaban J connectivity index is 1.86. The summed E-state index contributed by atoms with van der Waals surface area (Å²) < 4.78 is 36.6. The van der Waals surface area contributed by atoms with Gasteiger partial charge in [0.2, 0.25) is 11.4 Å². The van der Waals surface area contributed by atoms with Crippen LogP contribution < -0.4 is 4.57 Å². The van der Waals surface area contributed by atoms with E-state index in [0.717, 1.165) is 39.4 Å². The Morgan fingerprint density at radius 3 is 2.47 bits per heavy atom. The highest BCUT2D eigenvalue weighted by Gasteiger charge is 2.26. The minimum atomic E-state index is -0.602. The standard InChI is InChI=1S/C27H23F2N2O/c1-15(2)23-12-11-21-20-9-7-16(3)24(26(20)32-27(21)30-23)25-19(6-5-13-31(25)4)18-10-8-17(28)14-22(18)29/h5-15H,1-4H3/q+1. The number of benzene rings is 2. The molecule has 0 amide bonds. The largest absolute Gasteiger partial charge is 0.437 e. The fourth-order valence-corrected chi connectivity index (χ4v) is 4.30. The van der Waals surface area contributed by atoms with E-state index >= 15 is 0 Å². The van der Waals surface area contributed by atoms with E-state index in [1.165, 1.54) is 12.1 Å². The van der Waals surface area contributed by atoms with Gasteiger partial charge in [-0.05, 0) is 48.7 Å². The van der Waals surface area contributed by atoms with Gasteiger partial charge in [-0.15, -0.1) is 0 Å². The molecule has 0 saturated carbocycles. The van der Waals surface area contributed by atoms with Crippen LogP contribution in [0.15, 0.2) is 65.2 Å². The number of hydrogen-bond donors (Lipinski definition) is 0. The van der Waals surface area contributed by atoms with Gasteiger partial charge in [0.1, 0.15) is 18.7 Å². The summed E-state index contributed by atoms with van der Waals surface area (Å²) in [5.41, 5.74) is 5.92. The first-order valence-corrected chi connectivity index (χ1v) is 10.6. The molecule has 160 valence electrons. The Morgan fingerprint density at radius 2 is 1.72 bits per heavy atom. The molecule has 0 radical (unpaired) electrons. The van der Waals surface area contributed by atoms with Gasteiger partial charge in [-0.1, -0.05) is 26.0 Å². The van der Waals surface area contributed by atoms with Crippen molar-refractivity contribution in [1.82, 2.24) is 4.98 Å². The lowest BCUT2D eigenvalue weighted by atomic mass is 9.94. The van der Waals surface area contributed by atoms with E-state index in [-0.39, 0.29) is 5.92 Å². The van der Waals surface area contributed by atoms with E-state index in [4.69, 9.17) is 9.40 Å². The first kappa shape index (κ1) is 20.3. The summed E-state index contributed by atoms with van der Waals surface area (Å²) in [6.07, 6.45) is 1.91. The molecule has 5 heteroatoms. The lowest BCUT2D eigenvalue weighted by molar-refractivity contribution is -0.659. The first-order chi connectivity index (χ1) is 15.3. The molecule has 0 spiro atoms. The van der Waals surface area contributed by atoms with Crippen molar-refractivity contribution >= 4 is 22.1 Å². The maximum atomic E-state index is 14.8. The van der Waals surface area contributed by atoms with Crippen LogP contribution in [0.4, 0.5) is 8.78 Å². The van der Waals surface area contributed by atoms with Crippen LogP contribution in [-0.2, 0) is 7.05 Å². The second-order valence-corrected chi connectivity index (χ2v) is 8.49. The van der Waals surface area contributed by atoms with Gasteiger partial charge in [-0.25, -0.2) is 18.3 Å². The maximum Gasteiger partial charge on any atom is 0.227 e. The molecule has 0 N–H and O–H groups in total. The molecular weight excluding hydrogens is 406 g/mol. The van der Waals surface area contributed by atoms with Crippen LogP contribution in [0.2, 0.25) is 0 Å². The maximum absolute atomic E-state index is 14.8. The fourth-order valence-electron chi connectivity index (χ4n) is 4.30. The third kappa shape index (κ3) is 3.16. The molecule has 0 atom stereocenters. The number of rotatable bonds is 3.